The summed E-state index contributed by atoms with van der Waals surface area (Å²) in [5, 5.41) is 0.553. The van der Waals surface area contributed by atoms with Crippen LogP contribution in [0.25, 0.3) is 0 Å². The van der Waals surface area contributed by atoms with Crippen molar-refractivity contribution in [3.63, 3.8) is 0 Å². The van der Waals surface area contributed by atoms with E-state index in [2.05, 4.69) is 0 Å². The van der Waals surface area contributed by atoms with Crippen LogP contribution in [0.15, 0.2) is 42.5 Å². The molecule has 0 amide bonds. The molecule has 1 unspecified atom stereocenters. The van der Waals surface area contributed by atoms with Crippen molar-refractivity contribution in [2.75, 3.05) is 5.75 Å². The Hall–Kier alpha value is -1.52. The number of benzene rings is 1. The normalized spacial score (nSPS) is 12.7. The molecular formula is C19H23ClO3S. The average Bonchev–Trinajstić information content (AvgIpc) is 2.53. The molecule has 0 radical (unpaired) electrons. The van der Waals surface area contributed by atoms with E-state index in [4.69, 9.17) is 16.3 Å². The van der Waals surface area contributed by atoms with Gasteiger partial charge in [-0.3, -0.25) is 9.59 Å². The van der Waals surface area contributed by atoms with Crippen LogP contribution in [0.3, 0.4) is 0 Å². The van der Waals surface area contributed by atoms with E-state index in [9.17, 15) is 9.59 Å². The number of carbonyl (C=O) groups is 2. The zero-order chi connectivity index (χ0) is 17.9. The summed E-state index contributed by atoms with van der Waals surface area (Å²) in [6.07, 6.45) is 9.06. The van der Waals surface area contributed by atoms with Gasteiger partial charge in [-0.15, -0.1) is 0 Å². The maximum Gasteiger partial charge on any atom is 0.317 e. The van der Waals surface area contributed by atoms with E-state index >= 15 is 0 Å². The molecular weight excluding hydrogens is 344 g/mol. The maximum atomic E-state index is 12.0. The number of ether oxygens (including phenoxy) is 1. The number of allylic oxidation sites excluding steroid dienone is 3. The third-order valence-corrected chi connectivity index (χ3v) is 4.39. The number of halogens is 1. The second kappa shape index (κ2) is 11.1. The molecule has 1 aromatic rings. The molecule has 0 fully saturated rings. The minimum absolute atomic E-state index is 0.132. The first-order valence-electron chi connectivity index (χ1n) is 7.87. The lowest BCUT2D eigenvalue weighted by atomic mass is 10.1. The first kappa shape index (κ1) is 20.5. The zero-order valence-electron chi connectivity index (χ0n) is 14.3. The van der Waals surface area contributed by atoms with Gasteiger partial charge in [0.1, 0.15) is 5.75 Å². The first-order valence-corrected chi connectivity index (χ1v) is 9.23. The summed E-state index contributed by atoms with van der Waals surface area (Å²) in [4.78, 5) is 22.9. The van der Waals surface area contributed by atoms with Gasteiger partial charge in [0.15, 0.2) is 5.12 Å². The topological polar surface area (TPSA) is 43.4 Å². The van der Waals surface area contributed by atoms with Gasteiger partial charge in [-0.25, -0.2) is 0 Å². The second-order valence-corrected chi connectivity index (χ2v) is 7.01. The average molecular weight is 367 g/mol. The predicted octanol–water partition coefficient (Wildman–Crippen LogP) is 5.23. The van der Waals surface area contributed by atoms with Gasteiger partial charge in [-0.1, -0.05) is 53.7 Å². The van der Waals surface area contributed by atoms with Gasteiger partial charge < -0.3 is 4.74 Å². The zero-order valence-corrected chi connectivity index (χ0v) is 15.8. The molecule has 3 nitrogen and oxygen atoms in total. The number of carbonyl (C=O) groups excluding carboxylic acids is 2. The summed E-state index contributed by atoms with van der Waals surface area (Å²) >= 11 is 7.53. The summed E-state index contributed by atoms with van der Waals surface area (Å²) in [7, 11) is 0. The van der Waals surface area contributed by atoms with Gasteiger partial charge in [-0.05, 0) is 44.4 Å². The summed E-state index contributed by atoms with van der Waals surface area (Å²) in [6.45, 7) is 5.25. The van der Waals surface area contributed by atoms with Crippen molar-refractivity contribution in [3.05, 3.63) is 53.1 Å². The molecule has 1 aromatic carbocycles. The van der Waals surface area contributed by atoms with E-state index in [0.717, 1.165) is 24.2 Å². The van der Waals surface area contributed by atoms with Crippen LogP contribution in [0.5, 0.6) is 5.75 Å². The van der Waals surface area contributed by atoms with Crippen LogP contribution in [-0.4, -0.2) is 16.8 Å². The van der Waals surface area contributed by atoms with Gasteiger partial charge in [0, 0.05) is 12.7 Å². The van der Waals surface area contributed by atoms with E-state index in [0.29, 0.717) is 10.8 Å². The Morgan fingerprint density at radius 1 is 1.33 bits per heavy atom. The smallest absolute Gasteiger partial charge is 0.317 e. The predicted molar refractivity (Wildman–Crippen MR) is 102 cm³/mol. The molecule has 0 aliphatic heterocycles. The molecule has 0 aromatic heterocycles. The van der Waals surface area contributed by atoms with Gasteiger partial charge in [0.25, 0.3) is 0 Å². The van der Waals surface area contributed by atoms with Crippen molar-refractivity contribution >= 4 is 34.4 Å². The molecule has 1 rings (SSSR count). The molecule has 1 atom stereocenters. The molecule has 0 saturated carbocycles. The lowest BCUT2D eigenvalue weighted by molar-refractivity contribution is -0.136. The molecule has 0 heterocycles. The lowest BCUT2D eigenvalue weighted by Crippen LogP contribution is -2.16. The number of esters is 1. The maximum absolute atomic E-state index is 12.0. The highest BCUT2D eigenvalue weighted by Gasteiger charge is 2.14. The van der Waals surface area contributed by atoms with Crippen LogP contribution in [0.4, 0.5) is 0 Å². The largest absolute Gasteiger partial charge is 0.425 e. The third kappa shape index (κ3) is 7.84. The van der Waals surface area contributed by atoms with Crippen LogP contribution in [-0.2, 0) is 16.0 Å². The lowest BCUT2D eigenvalue weighted by Gasteiger charge is -2.10. The van der Waals surface area contributed by atoms with Crippen molar-refractivity contribution in [2.45, 2.75) is 33.6 Å². The summed E-state index contributed by atoms with van der Waals surface area (Å²) in [5.41, 5.74) is 1.06. The highest BCUT2D eigenvalue weighted by atomic mass is 35.5. The number of hydrogen-bond acceptors (Lipinski definition) is 4. The first-order chi connectivity index (χ1) is 11.4. The van der Waals surface area contributed by atoms with Gasteiger partial charge in [-0.2, -0.15) is 0 Å². The second-order valence-electron chi connectivity index (χ2n) is 5.33. The van der Waals surface area contributed by atoms with Crippen molar-refractivity contribution < 1.29 is 14.3 Å². The van der Waals surface area contributed by atoms with Crippen LogP contribution < -0.4 is 4.74 Å². The molecule has 0 aliphatic rings. The summed E-state index contributed by atoms with van der Waals surface area (Å²) < 4.78 is 5.35. The monoisotopic (exact) mass is 366 g/mol. The van der Waals surface area contributed by atoms with E-state index in [1.807, 2.05) is 37.3 Å². The van der Waals surface area contributed by atoms with Crippen LogP contribution in [0.1, 0.15) is 32.8 Å². The van der Waals surface area contributed by atoms with Crippen molar-refractivity contribution in [3.8, 4) is 5.75 Å². The van der Waals surface area contributed by atoms with Gasteiger partial charge >= 0.3 is 5.97 Å². The van der Waals surface area contributed by atoms with E-state index in [1.54, 1.807) is 26.0 Å². The van der Waals surface area contributed by atoms with E-state index < -0.39 is 0 Å². The fraction of sp³-hybridized carbons (Fsp3) is 0.368. The van der Waals surface area contributed by atoms with E-state index in [1.165, 1.54) is 11.8 Å². The fourth-order valence-electron chi connectivity index (χ4n) is 1.90. The SMILES string of the molecule is C/C=C\C=C/C(C)C(=O)Oc1ccc(CCCSC(C)=O)cc1Cl. The van der Waals surface area contributed by atoms with Crippen LogP contribution >= 0.6 is 23.4 Å². The molecule has 5 heteroatoms. The molecule has 0 N–H and O–H groups in total. The number of rotatable bonds is 8. The number of thioether (sulfide) groups is 1. The van der Waals surface area contributed by atoms with Crippen LogP contribution in [0.2, 0.25) is 5.02 Å². The van der Waals surface area contributed by atoms with Gasteiger partial charge in [0.05, 0.1) is 10.9 Å². The Bertz CT molecular complexity index is 623. The van der Waals surface area contributed by atoms with Crippen LogP contribution in [0, 0.1) is 5.92 Å². The number of hydrogen-bond donors (Lipinski definition) is 0. The highest BCUT2D eigenvalue weighted by Crippen LogP contribution is 2.27. The van der Waals surface area contributed by atoms with Gasteiger partial charge in [0.2, 0.25) is 0 Å². The Balaban J connectivity index is 2.58. The standard InChI is InChI=1S/C19H23ClO3S/c1-4-5-6-8-14(2)19(22)23-18-11-10-16(13-17(18)20)9-7-12-24-15(3)21/h4-6,8,10-11,13-14H,7,9,12H2,1-3H3/b5-4-,8-6-. The number of aryl methyl sites for hydroxylation is 1. The highest BCUT2D eigenvalue weighted by molar-refractivity contribution is 8.13. The molecule has 0 bridgehead atoms. The van der Waals surface area contributed by atoms with Crippen molar-refractivity contribution in [2.24, 2.45) is 5.92 Å². The Morgan fingerprint density at radius 2 is 2.08 bits per heavy atom. The molecule has 0 aliphatic carbocycles. The summed E-state index contributed by atoms with van der Waals surface area (Å²) in [5.74, 6) is 0.471. The minimum Gasteiger partial charge on any atom is -0.425 e. The fourth-order valence-corrected chi connectivity index (χ4v) is 2.71. The molecule has 24 heavy (non-hydrogen) atoms. The Kier molecular flexibility index (Phi) is 9.50. The molecule has 130 valence electrons. The molecule has 0 saturated heterocycles. The van der Waals surface area contributed by atoms with E-state index in [-0.39, 0.29) is 17.0 Å². The quantitative estimate of drug-likeness (QED) is 0.273. The minimum atomic E-state index is -0.347. The van der Waals surface area contributed by atoms with Crippen molar-refractivity contribution in [1.29, 1.82) is 0 Å². The molecule has 0 spiro atoms. The van der Waals surface area contributed by atoms with Crippen molar-refractivity contribution in [1.82, 2.24) is 0 Å². The Labute approximate surface area is 153 Å². The summed E-state index contributed by atoms with van der Waals surface area (Å²) in [6, 6.07) is 5.42. The Morgan fingerprint density at radius 3 is 2.71 bits per heavy atom. The third-order valence-electron chi connectivity index (χ3n) is 3.20.